The molecule has 0 bridgehead atoms. The maximum absolute atomic E-state index is 5.90. The van der Waals surface area contributed by atoms with Gasteiger partial charge in [0.1, 0.15) is 0 Å². The summed E-state index contributed by atoms with van der Waals surface area (Å²) in [5.41, 5.74) is 13.8. The number of benzene rings is 2. The number of hydrogen-bond acceptors (Lipinski definition) is 1. The van der Waals surface area contributed by atoms with E-state index in [2.05, 4.69) is 67.9 Å². The summed E-state index contributed by atoms with van der Waals surface area (Å²) >= 11 is 0. The minimum Gasteiger partial charge on any atom is -0.343 e. The van der Waals surface area contributed by atoms with Gasteiger partial charge in [-0.3, -0.25) is 0 Å². The monoisotopic (exact) mass is 278 g/mol. The summed E-state index contributed by atoms with van der Waals surface area (Å²) in [7, 11) is 0. The smallest absolute Gasteiger partial charge is 0.0528 e. The number of aromatic nitrogens is 1. The van der Waals surface area contributed by atoms with Crippen LogP contribution < -0.4 is 5.73 Å². The zero-order valence-corrected chi connectivity index (χ0v) is 13.0. The average Bonchev–Trinajstić information content (AvgIpc) is 2.86. The number of rotatable bonds is 3. The van der Waals surface area contributed by atoms with Crippen LogP contribution in [0.25, 0.3) is 10.9 Å². The van der Waals surface area contributed by atoms with Crippen LogP contribution in [0.3, 0.4) is 0 Å². The number of aryl methyl sites for hydroxylation is 3. The molecule has 0 saturated carbocycles. The zero-order valence-electron chi connectivity index (χ0n) is 13.0. The molecular weight excluding hydrogens is 256 g/mol. The van der Waals surface area contributed by atoms with E-state index in [0.29, 0.717) is 6.54 Å². The second-order valence-corrected chi connectivity index (χ2v) is 5.88. The molecule has 1 aromatic heterocycles. The van der Waals surface area contributed by atoms with Gasteiger partial charge in [0.2, 0.25) is 0 Å². The fourth-order valence-electron chi connectivity index (χ4n) is 3.27. The van der Waals surface area contributed by atoms with E-state index in [4.69, 9.17) is 5.73 Å². The summed E-state index contributed by atoms with van der Waals surface area (Å²) in [4.78, 5) is 0. The molecule has 0 unspecified atom stereocenters. The van der Waals surface area contributed by atoms with E-state index < -0.39 is 0 Å². The van der Waals surface area contributed by atoms with Crippen molar-refractivity contribution in [3.63, 3.8) is 0 Å². The highest BCUT2D eigenvalue weighted by atomic mass is 15.0. The Kier molecular flexibility index (Phi) is 3.56. The highest BCUT2D eigenvalue weighted by Gasteiger charge is 2.09. The van der Waals surface area contributed by atoms with E-state index in [1.807, 2.05) is 0 Å². The Hall–Kier alpha value is -2.06. The minimum absolute atomic E-state index is 0.577. The lowest BCUT2D eigenvalue weighted by atomic mass is 9.99. The van der Waals surface area contributed by atoms with Crippen LogP contribution in [0.15, 0.2) is 42.6 Å². The Morgan fingerprint density at radius 1 is 1.00 bits per heavy atom. The van der Waals surface area contributed by atoms with Gasteiger partial charge in [-0.15, -0.1) is 0 Å². The highest BCUT2D eigenvalue weighted by Crippen LogP contribution is 2.24. The van der Waals surface area contributed by atoms with Gasteiger partial charge < -0.3 is 10.3 Å². The molecule has 2 aromatic carbocycles. The van der Waals surface area contributed by atoms with Gasteiger partial charge in [-0.05, 0) is 54.5 Å². The Morgan fingerprint density at radius 2 is 1.71 bits per heavy atom. The van der Waals surface area contributed by atoms with Gasteiger partial charge in [0.15, 0.2) is 0 Å². The van der Waals surface area contributed by atoms with Gasteiger partial charge in [-0.2, -0.15) is 0 Å². The van der Waals surface area contributed by atoms with Gasteiger partial charge in [0, 0.05) is 19.3 Å². The molecule has 2 heteroatoms. The molecule has 3 rings (SSSR count). The van der Waals surface area contributed by atoms with Crippen molar-refractivity contribution in [2.45, 2.75) is 33.9 Å². The predicted octanol–water partition coefficient (Wildman–Crippen LogP) is 4.07. The molecule has 0 fully saturated rings. The van der Waals surface area contributed by atoms with Crippen molar-refractivity contribution in [1.29, 1.82) is 0 Å². The number of nitrogens with two attached hydrogens (primary N) is 1. The topological polar surface area (TPSA) is 30.9 Å². The van der Waals surface area contributed by atoms with Crippen molar-refractivity contribution in [3.8, 4) is 0 Å². The van der Waals surface area contributed by atoms with Crippen LogP contribution in [0, 0.1) is 20.8 Å². The number of fused-ring (bicyclic) bond motifs is 1. The molecule has 2 N–H and O–H groups in total. The first kappa shape index (κ1) is 13.9. The summed E-state index contributed by atoms with van der Waals surface area (Å²) in [6.45, 7) is 8.03. The van der Waals surface area contributed by atoms with E-state index in [0.717, 1.165) is 6.54 Å². The van der Waals surface area contributed by atoms with Crippen LogP contribution in [0.4, 0.5) is 0 Å². The third-order valence-corrected chi connectivity index (χ3v) is 4.26. The van der Waals surface area contributed by atoms with Crippen molar-refractivity contribution in [3.05, 3.63) is 70.4 Å². The quantitative estimate of drug-likeness (QED) is 0.769. The molecule has 0 radical (unpaired) electrons. The Bertz CT molecular complexity index is 773. The van der Waals surface area contributed by atoms with E-state index in [-0.39, 0.29) is 0 Å². The lowest BCUT2D eigenvalue weighted by Gasteiger charge is -2.14. The third-order valence-electron chi connectivity index (χ3n) is 4.26. The molecule has 108 valence electrons. The Balaban J connectivity index is 2.11. The fourth-order valence-corrected chi connectivity index (χ4v) is 3.27. The number of nitrogens with zero attached hydrogens (tertiary/aromatic N) is 1. The van der Waals surface area contributed by atoms with Crippen LogP contribution in [0.2, 0.25) is 0 Å². The Morgan fingerprint density at radius 3 is 2.38 bits per heavy atom. The standard InChI is InChI=1S/C19H22N2/c1-13-9-14(2)18(15(3)10-13)12-21-8-7-16-5-4-6-17(11-20)19(16)21/h4-10H,11-12,20H2,1-3H3. The normalized spacial score (nSPS) is 11.2. The largest absolute Gasteiger partial charge is 0.343 e. The summed E-state index contributed by atoms with van der Waals surface area (Å²) in [6.07, 6.45) is 2.17. The molecule has 0 amide bonds. The second kappa shape index (κ2) is 5.38. The average molecular weight is 278 g/mol. The SMILES string of the molecule is Cc1cc(C)c(Cn2ccc3cccc(CN)c32)c(C)c1. The maximum atomic E-state index is 5.90. The molecule has 2 nitrogen and oxygen atoms in total. The molecule has 0 atom stereocenters. The molecule has 3 aromatic rings. The van der Waals surface area contributed by atoms with Crippen LogP contribution in [0.1, 0.15) is 27.8 Å². The van der Waals surface area contributed by atoms with Crippen LogP contribution in [-0.4, -0.2) is 4.57 Å². The molecule has 0 aliphatic carbocycles. The lowest BCUT2D eigenvalue weighted by Crippen LogP contribution is -2.06. The van der Waals surface area contributed by atoms with Crippen molar-refractivity contribution in [2.75, 3.05) is 0 Å². The van der Waals surface area contributed by atoms with Gasteiger partial charge in [0.05, 0.1) is 5.52 Å². The van der Waals surface area contributed by atoms with E-state index >= 15 is 0 Å². The molecule has 0 aliphatic rings. The van der Waals surface area contributed by atoms with Gasteiger partial charge in [-0.25, -0.2) is 0 Å². The van der Waals surface area contributed by atoms with Crippen molar-refractivity contribution in [1.82, 2.24) is 4.57 Å². The van der Waals surface area contributed by atoms with E-state index in [1.165, 1.54) is 38.7 Å². The first-order valence-electron chi connectivity index (χ1n) is 7.43. The van der Waals surface area contributed by atoms with Crippen LogP contribution >= 0.6 is 0 Å². The van der Waals surface area contributed by atoms with Crippen molar-refractivity contribution >= 4 is 10.9 Å². The van der Waals surface area contributed by atoms with Crippen molar-refractivity contribution < 1.29 is 0 Å². The molecule has 0 spiro atoms. The predicted molar refractivity (Wildman–Crippen MR) is 89.6 cm³/mol. The van der Waals surface area contributed by atoms with E-state index in [1.54, 1.807) is 0 Å². The number of para-hydroxylation sites is 1. The molecule has 0 saturated heterocycles. The lowest BCUT2D eigenvalue weighted by molar-refractivity contribution is 0.817. The van der Waals surface area contributed by atoms with Gasteiger partial charge >= 0.3 is 0 Å². The van der Waals surface area contributed by atoms with E-state index in [9.17, 15) is 0 Å². The molecule has 0 aliphatic heterocycles. The van der Waals surface area contributed by atoms with Crippen LogP contribution in [-0.2, 0) is 13.1 Å². The minimum atomic E-state index is 0.577. The first-order chi connectivity index (χ1) is 10.1. The number of hydrogen-bond donors (Lipinski definition) is 1. The maximum Gasteiger partial charge on any atom is 0.0528 e. The Labute approximate surface area is 126 Å². The van der Waals surface area contributed by atoms with Gasteiger partial charge in [0.25, 0.3) is 0 Å². The first-order valence-corrected chi connectivity index (χ1v) is 7.43. The fraction of sp³-hybridized carbons (Fsp3) is 0.263. The highest BCUT2D eigenvalue weighted by molar-refractivity contribution is 5.83. The third kappa shape index (κ3) is 2.47. The molecule has 21 heavy (non-hydrogen) atoms. The summed E-state index contributed by atoms with van der Waals surface area (Å²) in [5, 5.41) is 1.26. The zero-order chi connectivity index (χ0) is 15.0. The summed E-state index contributed by atoms with van der Waals surface area (Å²) in [5.74, 6) is 0. The molecular formula is C19H22N2. The second-order valence-electron chi connectivity index (χ2n) is 5.88. The van der Waals surface area contributed by atoms with Crippen molar-refractivity contribution in [2.24, 2.45) is 5.73 Å². The molecule has 1 heterocycles. The van der Waals surface area contributed by atoms with Gasteiger partial charge in [-0.1, -0.05) is 35.9 Å². The van der Waals surface area contributed by atoms with Crippen LogP contribution in [0.5, 0.6) is 0 Å². The summed E-state index contributed by atoms with van der Waals surface area (Å²) in [6, 6.07) is 13.0. The summed E-state index contributed by atoms with van der Waals surface area (Å²) < 4.78 is 2.32.